The Morgan fingerprint density at radius 2 is 1.89 bits per heavy atom. The van der Waals surface area contributed by atoms with Crippen LogP contribution in [0.5, 0.6) is 11.5 Å². The Bertz CT molecular complexity index is 947. The largest absolute Gasteiger partial charge is 0.493 e. The Morgan fingerprint density at radius 3 is 2.59 bits per heavy atom. The summed E-state index contributed by atoms with van der Waals surface area (Å²) in [6.45, 7) is 4.18. The van der Waals surface area contributed by atoms with Crippen molar-refractivity contribution in [3.05, 3.63) is 50.7 Å². The summed E-state index contributed by atoms with van der Waals surface area (Å²) in [4.78, 5) is 19.4. The van der Waals surface area contributed by atoms with Crippen LogP contribution < -0.4 is 14.8 Å². The van der Waals surface area contributed by atoms with Gasteiger partial charge in [0.2, 0.25) is 5.91 Å². The molecule has 0 fully saturated rings. The lowest BCUT2D eigenvalue weighted by Crippen LogP contribution is -2.17. The van der Waals surface area contributed by atoms with Gasteiger partial charge in [0.05, 0.1) is 36.3 Å². The Kier molecular flexibility index (Phi) is 6.13. The molecule has 3 rings (SSSR count). The fraction of sp³-hybridized carbons (Fsp3) is 0.300. The summed E-state index contributed by atoms with van der Waals surface area (Å²) in [6, 6.07) is 10.1. The first-order chi connectivity index (χ1) is 13.0. The van der Waals surface area contributed by atoms with E-state index in [2.05, 4.69) is 18.3 Å². The zero-order valence-electron chi connectivity index (χ0n) is 15.8. The van der Waals surface area contributed by atoms with Gasteiger partial charge in [-0.05, 0) is 36.8 Å². The number of methoxy groups -OCH3 is 2. The Morgan fingerprint density at radius 1 is 1.11 bits per heavy atom. The van der Waals surface area contributed by atoms with Gasteiger partial charge in [-0.3, -0.25) is 4.79 Å². The normalized spacial score (nSPS) is 10.7. The Hall–Kier alpha value is -2.38. The summed E-state index contributed by atoms with van der Waals surface area (Å²) >= 11 is 3.37. The fourth-order valence-corrected chi connectivity index (χ4v) is 4.77. The molecule has 0 saturated carbocycles. The molecule has 27 heavy (non-hydrogen) atoms. The van der Waals surface area contributed by atoms with Crippen molar-refractivity contribution < 1.29 is 14.3 Å². The second-order valence-corrected chi connectivity index (χ2v) is 8.51. The highest BCUT2D eigenvalue weighted by molar-refractivity contribution is 7.16. The molecule has 0 atom stereocenters. The first-order valence-corrected chi connectivity index (χ1v) is 10.1. The SMILES string of the molecule is COc1ccc(Cc2nc(-c3ccc(CNC(C)=O)s3)c(C)s2)cc1OC. The molecule has 0 bridgehead atoms. The highest BCUT2D eigenvalue weighted by Gasteiger charge is 2.14. The number of nitrogens with one attached hydrogen (secondary N) is 1. The summed E-state index contributed by atoms with van der Waals surface area (Å²) in [6.07, 6.45) is 0.746. The van der Waals surface area contributed by atoms with Crippen LogP contribution in [0.4, 0.5) is 0 Å². The summed E-state index contributed by atoms with van der Waals surface area (Å²) in [5.41, 5.74) is 2.15. The summed E-state index contributed by atoms with van der Waals surface area (Å²) in [5, 5.41) is 3.89. The van der Waals surface area contributed by atoms with E-state index in [1.165, 1.54) is 11.8 Å². The van der Waals surface area contributed by atoms with Crippen LogP contribution >= 0.6 is 22.7 Å². The number of benzene rings is 1. The van der Waals surface area contributed by atoms with Crippen LogP contribution in [0.2, 0.25) is 0 Å². The van der Waals surface area contributed by atoms with Gasteiger partial charge in [0, 0.05) is 23.1 Å². The molecule has 0 aliphatic rings. The minimum absolute atomic E-state index is 0.0213. The van der Waals surface area contributed by atoms with Crippen molar-refractivity contribution in [1.82, 2.24) is 10.3 Å². The number of thiazole rings is 1. The number of ether oxygens (including phenoxy) is 2. The van der Waals surface area contributed by atoms with Gasteiger partial charge >= 0.3 is 0 Å². The van der Waals surface area contributed by atoms with E-state index < -0.39 is 0 Å². The zero-order valence-corrected chi connectivity index (χ0v) is 17.4. The van der Waals surface area contributed by atoms with Crippen LogP contribution in [-0.4, -0.2) is 25.1 Å². The molecule has 3 aromatic rings. The van der Waals surface area contributed by atoms with E-state index in [4.69, 9.17) is 14.5 Å². The van der Waals surface area contributed by atoms with Gasteiger partial charge < -0.3 is 14.8 Å². The second kappa shape index (κ2) is 8.54. The molecular formula is C20H22N2O3S2. The number of hydrogen-bond acceptors (Lipinski definition) is 6. The first-order valence-electron chi connectivity index (χ1n) is 8.51. The third-order valence-electron chi connectivity index (χ3n) is 4.05. The number of aryl methyl sites for hydroxylation is 1. The van der Waals surface area contributed by atoms with Crippen LogP contribution in [-0.2, 0) is 17.8 Å². The molecule has 1 aromatic carbocycles. The molecule has 142 valence electrons. The average molecular weight is 403 g/mol. The second-order valence-electron chi connectivity index (χ2n) is 6.05. The lowest BCUT2D eigenvalue weighted by molar-refractivity contribution is -0.119. The van der Waals surface area contributed by atoms with Crippen molar-refractivity contribution in [2.75, 3.05) is 14.2 Å². The molecule has 2 aromatic heterocycles. The van der Waals surface area contributed by atoms with Gasteiger partial charge in [0.1, 0.15) is 0 Å². The van der Waals surface area contributed by atoms with Crippen molar-refractivity contribution in [1.29, 1.82) is 0 Å². The number of thiophene rings is 1. The summed E-state index contributed by atoms with van der Waals surface area (Å²) in [7, 11) is 3.28. The van der Waals surface area contributed by atoms with Crippen LogP contribution in [0.1, 0.15) is 27.2 Å². The number of amides is 1. The van der Waals surface area contributed by atoms with E-state index in [0.717, 1.165) is 43.9 Å². The van der Waals surface area contributed by atoms with Gasteiger partial charge in [-0.1, -0.05) is 6.07 Å². The van der Waals surface area contributed by atoms with E-state index in [1.807, 2.05) is 24.3 Å². The fourth-order valence-electron chi connectivity index (χ4n) is 2.73. The van der Waals surface area contributed by atoms with Crippen molar-refractivity contribution >= 4 is 28.6 Å². The van der Waals surface area contributed by atoms with Gasteiger partial charge in [0.25, 0.3) is 0 Å². The quantitative estimate of drug-likeness (QED) is 0.635. The van der Waals surface area contributed by atoms with Gasteiger partial charge in [-0.25, -0.2) is 4.98 Å². The summed E-state index contributed by atoms with van der Waals surface area (Å²) in [5.74, 6) is 1.43. The monoisotopic (exact) mass is 402 g/mol. The standard InChI is InChI=1S/C20H22N2O3S2/c1-12-20(18-8-6-15(27-18)11-21-13(2)23)22-19(26-12)10-14-5-7-16(24-3)17(9-14)25-4/h5-9H,10-11H2,1-4H3,(H,21,23). The summed E-state index contributed by atoms with van der Waals surface area (Å²) < 4.78 is 10.7. The van der Waals surface area contributed by atoms with E-state index in [-0.39, 0.29) is 5.91 Å². The number of aromatic nitrogens is 1. The number of rotatable bonds is 7. The molecule has 1 amide bonds. The molecule has 7 heteroatoms. The third-order valence-corrected chi connectivity index (χ3v) is 6.11. The predicted octanol–water partition coefficient (Wildman–Crippen LogP) is 4.42. The molecule has 0 aliphatic heterocycles. The van der Waals surface area contributed by atoms with E-state index >= 15 is 0 Å². The van der Waals surface area contributed by atoms with Crippen molar-refractivity contribution in [2.45, 2.75) is 26.8 Å². The number of nitrogens with zero attached hydrogens (tertiary/aromatic N) is 1. The van der Waals surface area contributed by atoms with E-state index in [1.54, 1.807) is 36.9 Å². The van der Waals surface area contributed by atoms with Crippen LogP contribution in [0.15, 0.2) is 30.3 Å². The molecule has 1 N–H and O–H groups in total. The minimum atomic E-state index is -0.0213. The maximum Gasteiger partial charge on any atom is 0.217 e. The maximum atomic E-state index is 11.1. The molecular weight excluding hydrogens is 380 g/mol. The maximum absolute atomic E-state index is 11.1. The van der Waals surface area contributed by atoms with Crippen molar-refractivity contribution in [3.63, 3.8) is 0 Å². The smallest absolute Gasteiger partial charge is 0.217 e. The van der Waals surface area contributed by atoms with Gasteiger partial charge in [-0.2, -0.15) is 0 Å². The average Bonchev–Trinajstić information content (AvgIpc) is 3.26. The molecule has 2 heterocycles. The lowest BCUT2D eigenvalue weighted by atomic mass is 10.1. The van der Waals surface area contributed by atoms with Gasteiger partial charge in [-0.15, -0.1) is 22.7 Å². The van der Waals surface area contributed by atoms with Gasteiger partial charge in [0.15, 0.2) is 11.5 Å². The molecule has 0 unspecified atom stereocenters. The molecule has 5 nitrogen and oxygen atoms in total. The van der Waals surface area contributed by atoms with Crippen LogP contribution in [0.25, 0.3) is 10.6 Å². The highest BCUT2D eigenvalue weighted by Crippen LogP contribution is 2.34. The molecule has 0 aliphatic carbocycles. The Balaban J connectivity index is 1.78. The Labute approximate surface area is 167 Å². The minimum Gasteiger partial charge on any atom is -0.493 e. The van der Waals surface area contributed by atoms with Crippen LogP contribution in [0, 0.1) is 6.92 Å². The molecule has 0 spiro atoms. The lowest BCUT2D eigenvalue weighted by Gasteiger charge is -2.08. The number of hydrogen-bond donors (Lipinski definition) is 1. The molecule has 0 radical (unpaired) electrons. The topological polar surface area (TPSA) is 60.5 Å². The first kappa shape index (κ1) is 19.4. The van der Waals surface area contributed by atoms with Crippen molar-refractivity contribution in [2.24, 2.45) is 0 Å². The van der Waals surface area contributed by atoms with Crippen LogP contribution in [0.3, 0.4) is 0 Å². The molecule has 0 saturated heterocycles. The van der Waals surface area contributed by atoms with E-state index in [9.17, 15) is 4.79 Å². The number of carbonyl (C=O) groups excluding carboxylic acids is 1. The van der Waals surface area contributed by atoms with E-state index in [0.29, 0.717) is 6.54 Å². The zero-order chi connectivity index (χ0) is 19.4. The van der Waals surface area contributed by atoms with Crippen molar-refractivity contribution in [3.8, 4) is 22.1 Å². The number of carbonyl (C=O) groups is 1. The third kappa shape index (κ3) is 4.67. The predicted molar refractivity (Wildman–Crippen MR) is 110 cm³/mol. The highest BCUT2D eigenvalue weighted by atomic mass is 32.1.